The van der Waals surface area contributed by atoms with E-state index in [2.05, 4.69) is 41.8 Å². The smallest absolute Gasteiger partial charge is 0.240 e. The van der Waals surface area contributed by atoms with Gasteiger partial charge >= 0.3 is 0 Å². The van der Waals surface area contributed by atoms with Gasteiger partial charge in [-0.25, -0.2) is 9.13 Å². The molecule has 2 nitrogen and oxygen atoms in total. The minimum atomic E-state index is 0.915. The average molecular weight is 193 g/mol. The fourth-order valence-corrected chi connectivity index (χ4v) is 2.42. The first-order chi connectivity index (χ1) is 6.74. The molecule has 1 aliphatic rings. The summed E-state index contributed by atoms with van der Waals surface area (Å²) in [7, 11) is 2.08. The Kier molecular flexibility index (Phi) is 2.90. The van der Waals surface area contributed by atoms with Crippen LogP contribution in [0.5, 0.6) is 0 Å². The molecule has 1 aromatic rings. The Bertz CT molecular complexity index is 282. The van der Waals surface area contributed by atoms with E-state index in [4.69, 9.17) is 0 Å². The number of hydrogen-bond acceptors (Lipinski definition) is 0. The van der Waals surface area contributed by atoms with E-state index in [1.165, 1.54) is 32.2 Å². The first-order valence-corrected chi connectivity index (χ1v) is 5.75. The van der Waals surface area contributed by atoms with Crippen molar-refractivity contribution in [1.29, 1.82) is 0 Å². The lowest BCUT2D eigenvalue weighted by Gasteiger charge is -2.24. The fourth-order valence-electron chi connectivity index (χ4n) is 2.42. The maximum atomic E-state index is 2.38. The van der Waals surface area contributed by atoms with Crippen molar-refractivity contribution in [3.8, 4) is 0 Å². The van der Waals surface area contributed by atoms with Gasteiger partial charge in [-0.1, -0.05) is 19.8 Å². The van der Waals surface area contributed by atoms with Crippen LogP contribution < -0.4 is 4.57 Å². The predicted octanol–water partition coefficient (Wildman–Crippen LogP) is 2.14. The molecule has 78 valence electrons. The van der Waals surface area contributed by atoms with Gasteiger partial charge in [0.05, 0.1) is 13.6 Å². The van der Waals surface area contributed by atoms with Crippen LogP contribution in [0.4, 0.5) is 0 Å². The molecule has 2 rings (SSSR count). The van der Waals surface area contributed by atoms with Crippen molar-refractivity contribution in [3.63, 3.8) is 0 Å². The zero-order valence-corrected chi connectivity index (χ0v) is 9.32. The molecule has 0 aliphatic heterocycles. The first-order valence-electron chi connectivity index (χ1n) is 5.75. The molecule has 0 saturated heterocycles. The quantitative estimate of drug-likeness (QED) is 0.636. The molecule has 14 heavy (non-hydrogen) atoms. The van der Waals surface area contributed by atoms with Crippen LogP contribution in [0.15, 0.2) is 18.7 Å². The Morgan fingerprint density at radius 3 is 2.57 bits per heavy atom. The molecule has 0 unspecified atom stereocenters. The molecule has 0 aromatic carbocycles. The van der Waals surface area contributed by atoms with Gasteiger partial charge in [-0.3, -0.25) is 0 Å². The topological polar surface area (TPSA) is 8.81 Å². The molecule has 0 bridgehead atoms. The largest absolute Gasteiger partial charge is 0.243 e. The lowest BCUT2D eigenvalue weighted by atomic mass is 9.83. The van der Waals surface area contributed by atoms with Crippen LogP contribution in [0, 0.1) is 11.8 Å². The molecule has 0 atom stereocenters. The molecule has 2 heteroatoms. The molecule has 1 aromatic heterocycles. The highest BCUT2D eigenvalue weighted by molar-refractivity contribution is 4.73. The number of rotatable bonds is 2. The summed E-state index contributed by atoms with van der Waals surface area (Å²) >= 11 is 0. The molecule has 0 amide bonds. The van der Waals surface area contributed by atoms with Crippen LogP contribution >= 0.6 is 0 Å². The number of imidazole rings is 1. The molecule has 0 N–H and O–H groups in total. The summed E-state index contributed by atoms with van der Waals surface area (Å²) in [6.45, 7) is 3.60. The average Bonchev–Trinajstić information content (AvgIpc) is 2.56. The molecule has 1 saturated carbocycles. The second kappa shape index (κ2) is 4.16. The summed E-state index contributed by atoms with van der Waals surface area (Å²) in [6, 6.07) is 0. The summed E-state index contributed by atoms with van der Waals surface area (Å²) in [4.78, 5) is 0. The van der Waals surface area contributed by atoms with Gasteiger partial charge in [0.15, 0.2) is 0 Å². The van der Waals surface area contributed by atoms with E-state index < -0.39 is 0 Å². The van der Waals surface area contributed by atoms with Crippen LogP contribution in [-0.2, 0) is 13.6 Å². The minimum Gasteiger partial charge on any atom is -0.240 e. The van der Waals surface area contributed by atoms with Crippen molar-refractivity contribution in [2.45, 2.75) is 39.2 Å². The summed E-state index contributed by atoms with van der Waals surface area (Å²) in [5.74, 6) is 1.88. The first kappa shape index (κ1) is 9.75. The third-order valence-corrected chi connectivity index (χ3v) is 3.43. The predicted molar refractivity (Wildman–Crippen MR) is 56.7 cm³/mol. The van der Waals surface area contributed by atoms with Crippen LogP contribution in [0.1, 0.15) is 32.6 Å². The van der Waals surface area contributed by atoms with E-state index in [9.17, 15) is 0 Å². The van der Waals surface area contributed by atoms with Crippen molar-refractivity contribution in [1.82, 2.24) is 4.57 Å². The zero-order valence-electron chi connectivity index (χ0n) is 9.32. The van der Waals surface area contributed by atoms with E-state index in [1.54, 1.807) is 0 Å². The van der Waals surface area contributed by atoms with Gasteiger partial charge in [-0.05, 0) is 24.7 Å². The molecule has 1 aliphatic carbocycles. The van der Waals surface area contributed by atoms with E-state index in [-0.39, 0.29) is 0 Å². The standard InChI is InChI=1S/C12H21N2/c1-11-3-5-12(6-4-11)9-14-8-7-13(2)10-14/h7-8,10-12H,3-6,9H2,1-2H3/q+1. The van der Waals surface area contributed by atoms with Gasteiger partial charge in [0.25, 0.3) is 0 Å². The van der Waals surface area contributed by atoms with Crippen molar-refractivity contribution in [3.05, 3.63) is 18.7 Å². The lowest BCUT2D eigenvalue weighted by Crippen LogP contribution is -2.24. The highest BCUT2D eigenvalue weighted by Crippen LogP contribution is 2.29. The van der Waals surface area contributed by atoms with Crippen LogP contribution in [0.25, 0.3) is 0 Å². The molecular formula is C12H21N2+. The minimum absolute atomic E-state index is 0.915. The highest BCUT2D eigenvalue weighted by atomic mass is 15.1. The summed E-state index contributed by atoms with van der Waals surface area (Å²) in [6.07, 6.45) is 12.2. The van der Waals surface area contributed by atoms with Crippen LogP contribution in [0.3, 0.4) is 0 Å². The van der Waals surface area contributed by atoms with E-state index in [0.717, 1.165) is 11.8 Å². The van der Waals surface area contributed by atoms with E-state index in [0.29, 0.717) is 0 Å². The van der Waals surface area contributed by atoms with Crippen LogP contribution in [0.2, 0.25) is 0 Å². The summed E-state index contributed by atoms with van der Waals surface area (Å²) < 4.78 is 4.44. The van der Waals surface area contributed by atoms with E-state index >= 15 is 0 Å². The van der Waals surface area contributed by atoms with Gasteiger partial charge < -0.3 is 0 Å². The van der Waals surface area contributed by atoms with Crippen molar-refractivity contribution in [2.24, 2.45) is 18.9 Å². The normalized spacial score (nSPS) is 27.9. The Morgan fingerprint density at radius 2 is 2.00 bits per heavy atom. The molecule has 0 radical (unpaired) electrons. The summed E-state index contributed by atoms with van der Waals surface area (Å²) in [5, 5.41) is 0. The Labute approximate surface area is 86.6 Å². The lowest BCUT2D eigenvalue weighted by molar-refractivity contribution is -0.671. The number of hydrogen-bond donors (Lipinski definition) is 0. The zero-order chi connectivity index (χ0) is 9.97. The number of aromatic nitrogens is 2. The monoisotopic (exact) mass is 193 g/mol. The Balaban J connectivity index is 1.86. The molecule has 1 heterocycles. The van der Waals surface area contributed by atoms with Gasteiger partial charge in [0.1, 0.15) is 12.4 Å². The van der Waals surface area contributed by atoms with Gasteiger partial charge in [0, 0.05) is 0 Å². The molecule has 1 fully saturated rings. The fraction of sp³-hybridized carbons (Fsp3) is 0.750. The SMILES string of the molecule is CC1CCC(Cn2cc[n+](C)c2)CC1. The molecule has 0 spiro atoms. The highest BCUT2D eigenvalue weighted by Gasteiger charge is 2.20. The Morgan fingerprint density at radius 1 is 1.29 bits per heavy atom. The Hall–Kier alpha value is -0.790. The van der Waals surface area contributed by atoms with Crippen molar-refractivity contribution >= 4 is 0 Å². The number of aryl methyl sites for hydroxylation is 1. The second-order valence-electron chi connectivity index (χ2n) is 4.90. The summed E-state index contributed by atoms with van der Waals surface area (Å²) in [5.41, 5.74) is 0. The van der Waals surface area contributed by atoms with Crippen molar-refractivity contribution in [2.75, 3.05) is 0 Å². The maximum Gasteiger partial charge on any atom is 0.243 e. The van der Waals surface area contributed by atoms with Gasteiger partial charge in [-0.2, -0.15) is 0 Å². The van der Waals surface area contributed by atoms with Gasteiger partial charge in [0.2, 0.25) is 6.33 Å². The third-order valence-electron chi connectivity index (χ3n) is 3.43. The second-order valence-corrected chi connectivity index (χ2v) is 4.90. The number of nitrogens with zero attached hydrogens (tertiary/aromatic N) is 2. The molecular weight excluding hydrogens is 172 g/mol. The van der Waals surface area contributed by atoms with Gasteiger partial charge in [-0.15, -0.1) is 0 Å². The van der Waals surface area contributed by atoms with Crippen molar-refractivity contribution < 1.29 is 4.57 Å². The van der Waals surface area contributed by atoms with Crippen LogP contribution in [-0.4, -0.2) is 4.57 Å². The third kappa shape index (κ3) is 2.37. The van der Waals surface area contributed by atoms with E-state index in [1.807, 2.05) is 0 Å². The maximum absolute atomic E-state index is 2.38.